The average molecular weight is 245 g/mol. The number of benzene rings is 1. The molecule has 1 unspecified atom stereocenters. The Hall–Kier alpha value is -1.68. The molecule has 0 aliphatic rings. The van der Waals surface area contributed by atoms with Gasteiger partial charge in [-0.05, 0) is 37.5 Å². The number of aromatic nitrogens is 2. The molecule has 1 heterocycles. The maximum Gasteiger partial charge on any atom is 0.226 e. The van der Waals surface area contributed by atoms with E-state index in [2.05, 4.69) is 43.0 Å². The molecule has 1 aromatic carbocycles. The minimum Gasteiger partial charge on any atom is -0.339 e. The van der Waals surface area contributed by atoms with E-state index in [1.807, 2.05) is 6.92 Å². The molecule has 0 saturated heterocycles. The van der Waals surface area contributed by atoms with Crippen LogP contribution in [0.4, 0.5) is 0 Å². The Morgan fingerprint density at radius 3 is 2.33 bits per heavy atom. The molecule has 0 saturated carbocycles. The fourth-order valence-electron chi connectivity index (χ4n) is 2.35. The minimum absolute atomic E-state index is 0.324. The molecule has 0 amide bonds. The summed E-state index contributed by atoms with van der Waals surface area (Å²) >= 11 is 0. The first-order valence-electron chi connectivity index (χ1n) is 6.18. The third kappa shape index (κ3) is 2.29. The highest BCUT2D eigenvalue weighted by Crippen LogP contribution is 2.25. The van der Waals surface area contributed by atoms with Crippen LogP contribution in [-0.2, 0) is 6.42 Å². The van der Waals surface area contributed by atoms with Crippen molar-refractivity contribution in [2.45, 2.75) is 40.2 Å². The summed E-state index contributed by atoms with van der Waals surface area (Å²) in [6.07, 6.45) is 0.728. The van der Waals surface area contributed by atoms with Crippen LogP contribution in [0, 0.1) is 20.8 Å². The van der Waals surface area contributed by atoms with Gasteiger partial charge in [0, 0.05) is 6.42 Å². The lowest BCUT2D eigenvalue weighted by Gasteiger charge is -2.15. The molecular formula is C14H19N3O. The zero-order chi connectivity index (χ0) is 13.3. The van der Waals surface area contributed by atoms with E-state index in [0.29, 0.717) is 11.7 Å². The molecule has 2 aromatic rings. The summed E-state index contributed by atoms with van der Waals surface area (Å²) in [6, 6.07) is 3.93. The van der Waals surface area contributed by atoms with Crippen molar-refractivity contribution in [3.05, 3.63) is 46.1 Å². The maximum absolute atomic E-state index is 6.25. The van der Waals surface area contributed by atoms with Gasteiger partial charge in [-0.15, -0.1) is 0 Å². The summed E-state index contributed by atoms with van der Waals surface area (Å²) in [5.74, 6) is 1.18. The number of hydrogen-bond donors (Lipinski definition) is 1. The summed E-state index contributed by atoms with van der Waals surface area (Å²) in [5.41, 5.74) is 10.9. The summed E-state index contributed by atoms with van der Waals surface area (Å²) in [7, 11) is 0. The van der Waals surface area contributed by atoms with Gasteiger partial charge in [0.15, 0.2) is 5.82 Å². The van der Waals surface area contributed by atoms with Gasteiger partial charge in [-0.2, -0.15) is 4.98 Å². The molecule has 0 bridgehead atoms. The molecule has 1 aromatic heterocycles. The molecule has 0 fully saturated rings. The number of hydrogen-bond acceptors (Lipinski definition) is 4. The van der Waals surface area contributed by atoms with E-state index < -0.39 is 0 Å². The Balaban J connectivity index is 2.42. The molecule has 4 heteroatoms. The Kier molecular flexibility index (Phi) is 3.48. The Morgan fingerprint density at radius 1 is 1.22 bits per heavy atom. The van der Waals surface area contributed by atoms with E-state index in [4.69, 9.17) is 10.3 Å². The van der Waals surface area contributed by atoms with Crippen molar-refractivity contribution in [1.82, 2.24) is 10.1 Å². The second-order valence-corrected chi connectivity index (χ2v) is 4.69. The quantitative estimate of drug-likeness (QED) is 0.902. The van der Waals surface area contributed by atoms with Gasteiger partial charge in [-0.25, -0.2) is 0 Å². The molecule has 0 radical (unpaired) electrons. The average Bonchev–Trinajstić information content (AvgIpc) is 2.75. The van der Waals surface area contributed by atoms with Crippen molar-refractivity contribution in [3.8, 4) is 0 Å². The zero-order valence-corrected chi connectivity index (χ0v) is 11.3. The molecule has 96 valence electrons. The highest BCUT2D eigenvalue weighted by molar-refractivity contribution is 5.41. The summed E-state index contributed by atoms with van der Waals surface area (Å²) < 4.78 is 5.12. The standard InChI is InChI=1S/C14H19N3O/c1-5-11-16-14(17-18-11)13(15)12-9(3)6-8(2)7-10(12)4/h6-7,13H,5,15H2,1-4H3. The van der Waals surface area contributed by atoms with Crippen LogP contribution in [0.5, 0.6) is 0 Å². The van der Waals surface area contributed by atoms with Crippen molar-refractivity contribution in [3.63, 3.8) is 0 Å². The van der Waals surface area contributed by atoms with Gasteiger partial charge in [0.1, 0.15) is 0 Å². The first-order chi connectivity index (χ1) is 8.52. The summed E-state index contributed by atoms with van der Waals surface area (Å²) in [6.45, 7) is 8.19. The number of nitrogens with zero attached hydrogens (tertiary/aromatic N) is 2. The highest BCUT2D eigenvalue weighted by Gasteiger charge is 2.19. The monoisotopic (exact) mass is 245 g/mol. The molecule has 4 nitrogen and oxygen atoms in total. The van der Waals surface area contributed by atoms with Crippen LogP contribution >= 0.6 is 0 Å². The van der Waals surface area contributed by atoms with Gasteiger partial charge in [-0.3, -0.25) is 0 Å². The fraction of sp³-hybridized carbons (Fsp3) is 0.429. The number of nitrogens with two attached hydrogens (primary N) is 1. The molecule has 0 aliphatic heterocycles. The van der Waals surface area contributed by atoms with Crippen LogP contribution < -0.4 is 5.73 Å². The van der Waals surface area contributed by atoms with E-state index in [1.165, 1.54) is 16.7 Å². The van der Waals surface area contributed by atoms with E-state index in [9.17, 15) is 0 Å². The second-order valence-electron chi connectivity index (χ2n) is 4.69. The molecule has 2 rings (SSSR count). The Bertz CT molecular complexity index is 537. The molecule has 0 aliphatic carbocycles. The minimum atomic E-state index is -0.324. The van der Waals surface area contributed by atoms with Crippen LogP contribution in [0.15, 0.2) is 16.7 Å². The van der Waals surface area contributed by atoms with Crippen molar-refractivity contribution >= 4 is 0 Å². The van der Waals surface area contributed by atoms with Crippen molar-refractivity contribution in [2.24, 2.45) is 5.73 Å². The highest BCUT2D eigenvalue weighted by atomic mass is 16.5. The predicted molar refractivity (Wildman–Crippen MR) is 70.4 cm³/mol. The smallest absolute Gasteiger partial charge is 0.226 e. The Morgan fingerprint density at radius 2 is 1.83 bits per heavy atom. The van der Waals surface area contributed by atoms with Crippen LogP contribution in [0.25, 0.3) is 0 Å². The van der Waals surface area contributed by atoms with Crippen LogP contribution in [0.1, 0.15) is 46.9 Å². The molecule has 0 spiro atoms. The van der Waals surface area contributed by atoms with Crippen molar-refractivity contribution in [1.29, 1.82) is 0 Å². The number of rotatable bonds is 3. The van der Waals surface area contributed by atoms with E-state index in [1.54, 1.807) is 0 Å². The third-order valence-corrected chi connectivity index (χ3v) is 3.11. The van der Waals surface area contributed by atoms with Gasteiger partial charge in [0.2, 0.25) is 5.89 Å². The lowest BCUT2D eigenvalue weighted by molar-refractivity contribution is 0.375. The molecular weight excluding hydrogens is 226 g/mol. The maximum atomic E-state index is 6.25. The van der Waals surface area contributed by atoms with Crippen molar-refractivity contribution < 1.29 is 4.52 Å². The van der Waals surface area contributed by atoms with Crippen molar-refractivity contribution in [2.75, 3.05) is 0 Å². The fourth-order valence-corrected chi connectivity index (χ4v) is 2.35. The lowest BCUT2D eigenvalue weighted by Crippen LogP contribution is -2.16. The first kappa shape index (κ1) is 12.8. The summed E-state index contributed by atoms with van der Waals surface area (Å²) in [5, 5.41) is 3.96. The van der Waals surface area contributed by atoms with Crippen LogP contribution in [0.3, 0.4) is 0 Å². The van der Waals surface area contributed by atoms with Crippen LogP contribution in [-0.4, -0.2) is 10.1 Å². The summed E-state index contributed by atoms with van der Waals surface area (Å²) in [4.78, 5) is 4.31. The van der Waals surface area contributed by atoms with E-state index >= 15 is 0 Å². The first-order valence-corrected chi connectivity index (χ1v) is 6.18. The second kappa shape index (κ2) is 4.90. The SMILES string of the molecule is CCc1nc(C(N)c2c(C)cc(C)cc2C)no1. The van der Waals surface area contributed by atoms with E-state index in [-0.39, 0.29) is 6.04 Å². The third-order valence-electron chi connectivity index (χ3n) is 3.11. The van der Waals surface area contributed by atoms with Gasteiger partial charge >= 0.3 is 0 Å². The lowest BCUT2D eigenvalue weighted by atomic mass is 9.94. The largest absolute Gasteiger partial charge is 0.339 e. The molecule has 1 atom stereocenters. The normalized spacial score (nSPS) is 12.7. The number of aryl methyl sites for hydroxylation is 4. The van der Waals surface area contributed by atoms with Gasteiger partial charge in [0.05, 0.1) is 6.04 Å². The molecule has 2 N–H and O–H groups in total. The van der Waals surface area contributed by atoms with Crippen LogP contribution in [0.2, 0.25) is 0 Å². The van der Waals surface area contributed by atoms with Gasteiger partial charge in [0.25, 0.3) is 0 Å². The topological polar surface area (TPSA) is 64.9 Å². The zero-order valence-electron chi connectivity index (χ0n) is 11.3. The van der Waals surface area contributed by atoms with Gasteiger partial charge in [-0.1, -0.05) is 29.8 Å². The van der Waals surface area contributed by atoms with Gasteiger partial charge < -0.3 is 10.3 Å². The molecule has 18 heavy (non-hydrogen) atoms. The Labute approximate surface area is 107 Å². The predicted octanol–water partition coefficient (Wildman–Crippen LogP) is 2.61. The van der Waals surface area contributed by atoms with E-state index in [0.717, 1.165) is 12.0 Å².